The number of nitrogens with zero attached hydrogens (tertiary/aromatic N) is 1. The number of aromatic nitrogens is 1. The van der Waals surface area contributed by atoms with Crippen LogP contribution in [-0.4, -0.2) is 10.9 Å². The lowest BCUT2D eigenvalue weighted by molar-refractivity contribution is 0.102. The molecule has 1 heterocycles. The molecule has 0 aliphatic carbocycles. The van der Waals surface area contributed by atoms with Crippen molar-refractivity contribution in [1.82, 2.24) is 4.98 Å². The van der Waals surface area contributed by atoms with Crippen molar-refractivity contribution in [2.45, 2.75) is 4.90 Å². The summed E-state index contributed by atoms with van der Waals surface area (Å²) in [6.45, 7) is 0. The maximum Gasteiger partial charge on any atom is 0.258 e. The molecular weight excluding hydrogens is 416 g/mol. The van der Waals surface area contributed by atoms with E-state index in [1.54, 1.807) is 12.1 Å². The summed E-state index contributed by atoms with van der Waals surface area (Å²) in [4.78, 5) is 17.4. The summed E-state index contributed by atoms with van der Waals surface area (Å²) in [5.41, 5.74) is 2.23. The number of hydrogen-bond acceptors (Lipinski definition) is 4. The van der Waals surface area contributed by atoms with Crippen molar-refractivity contribution in [2.75, 3.05) is 5.32 Å². The average Bonchev–Trinajstić information content (AvgIpc) is 2.99. The van der Waals surface area contributed by atoms with Crippen molar-refractivity contribution in [1.29, 1.82) is 0 Å². The third-order valence-electron chi connectivity index (χ3n) is 3.07. The number of halogens is 2. The van der Waals surface area contributed by atoms with Gasteiger partial charge < -0.3 is 0 Å². The van der Waals surface area contributed by atoms with E-state index in [-0.39, 0.29) is 5.91 Å². The van der Waals surface area contributed by atoms with Crippen molar-refractivity contribution < 1.29 is 4.79 Å². The zero-order valence-corrected chi connectivity index (χ0v) is 15.6. The van der Waals surface area contributed by atoms with Gasteiger partial charge in [-0.05, 0) is 30.3 Å². The van der Waals surface area contributed by atoms with E-state index >= 15 is 0 Å². The molecule has 0 spiro atoms. The lowest BCUT2D eigenvalue weighted by Crippen LogP contribution is -2.12. The molecule has 23 heavy (non-hydrogen) atoms. The van der Waals surface area contributed by atoms with Crippen LogP contribution in [0.1, 0.15) is 10.4 Å². The van der Waals surface area contributed by atoms with Gasteiger partial charge in [0.2, 0.25) is 0 Å². The Morgan fingerprint density at radius 1 is 1.22 bits per heavy atom. The summed E-state index contributed by atoms with van der Waals surface area (Å²) in [7, 11) is 0. The van der Waals surface area contributed by atoms with E-state index in [9.17, 15) is 4.79 Å². The van der Waals surface area contributed by atoms with Gasteiger partial charge in [-0.3, -0.25) is 10.1 Å². The number of carbonyl (C=O) groups excluding carboxylic acids is 1. The van der Waals surface area contributed by atoms with E-state index in [4.69, 9.17) is 11.6 Å². The Labute approximate surface area is 156 Å². The first-order valence-electron chi connectivity index (χ1n) is 6.54. The minimum atomic E-state index is -0.242. The molecule has 0 atom stereocenters. The molecule has 0 saturated carbocycles. The van der Waals surface area contributed by atoms with Crippen LogP contribution in [0.4, 0.5) is 5.13 Å². The molecule has 3 aromatic rings. The molecule has 7 heteroatoms. The number of thiol groups is 1. The first kappa shape index (κ1) is 16.5. The van der Waals surface area contributed by atoms with Gasteiger partial charge >= 0.3 is 0 Å². The topological polar surface area (TPSA) is 42.0 Å². The number of amides is 1. The molecule has 1 aromatic heterocycles. The van der Waals surface area contributed by atoms with Gasteiger partial charge in [-0.25, -0.2) is 4.98 Å². The maximum atomic E-state index is 12.3. The highest BCUT2D eigenvalue weighted by molar-refractivity contribution is 9.10. The van der Waals surface area contributed by atoms with Crippen LogP contribution < -0.4 is 5.32 Å². The van der Waals surface area contributed by atoms with E-state index < -0.39 is 0 Å². The van der Waals surface area contributed by atoms with E-state index in [1.165, 1.54) is 11.3 Å². The van der Waals surface area contributed by atoms with E-state index in [2.05, 4.69) is 38.9 Å². The van der Waals surface area contributed by atoms with Crippen molar-refractivity contribution in [3.63, 3.8) is 0 Å². The Morgan fingerprint density at radius 2 is 1.96 bits per heavy atom. The van der Waals surface area contributed by atoms with Crippen LogP contribution in [0.5, 0.6) is 0 Å². The molecule has 0 aliphatic heterocycles. The molecular formula is C16H10BrClN2OS2. The molecule has 116 valence electrons. The van der Waals surface area contributed by atoms with Crippen LogP contribution >= 0.6 is 51.5 Å². The van der Waals surface area contributed by atoms with Gasteiger partial charge in [0.25, 0.3) is 5.91 Å². The average molecular weight is 426 g/mol. The monoisotopic (exact) mass is 424 g/mol. The highest BCUT2D eigenvalue weighted by Gasteiger charge is 2.13. The van der Waals surface area contributed by atoms with Crippen LogP contribution in [-0.2, 0) is 0 Å². The summed E-state index contributed by atoms with van der Waals surface area (Å²) in [6, 6.07) is 12.7. The number of nitrogens with one attached hydrogen (secondary N) is 1. The Kier molecular flexibility index (Phi) is 5.06. The van der Waals surface area contributed by atoms with Gasteiger partial charge in [0.15, 0.2) is 5.13 Å². The van der Waals surface area contributed by atoms with Gasteiger partial charge in [-0.15, -0.1) is 24.0 Å². The van der Waals surface area contributed by atoms with Gasteiger partial charge in [-0.1, -0.05) is 39.7 Å². The van der Waals surface area contributed by atoms with Crippen LogP contribution in [0.3, 0.4) is 0 Å². The second kappa shape index (κ2) is 7.05. The van der Waals surface area contributed by atoms with E-state index in [1.807, 2.05) is 35.7 Å². The van der Waals surface area contributed by atoms with E-state index in [0.717, 1.165) is 15.7 Å². The number of anilines is 1. The Morgan fingerprint density at radius 3 is 2.70 bits per heavy atom. The molecule has 0 radical (unpaired) electrons. The Hall–Kier alpha value is -1.34. The highest BCUT2D eigenvalue weighted by Crippen LogP contribution is 2.27. The molecule has 0 saturated heterocycles. The quantitative estimate of drug-likeness (QED) is 0.523. The maximum absolute atomic E-state index is 12.3. The summed E-state index contributed by atoms with van der Waals surface area (Å²) >= 11 is 14.9. The number of benzene rings is 2. The van der Waals surface area contributed by atoms with Gasteiger partial charge in [0, 0.05) is 25.3 Å². The molecule has 0 aliphatic rings. The van der Waals surface area contributed by atoms with Crippen LogP contribution in [0.2, 0.25) is 5.02 Å². The number of thiazole rings is 1. The molecule has 2 aromatic carbocycles. The highest BCUT2D eigenvalue weighted by atomic mass is 79.9. The normalized spacial score (nSPS) is 10.6. The first-order chi connectivity index (χ1) is 11.0. The fourth-order valence-corrected chi connectivity index (χ4v) is 3.38. The fraction of sp³-hybridized carbons (Fsp3) is 0. The van der Waals surface area contributed by atoms with Crippen LogP contribution in [0.25, 0.3) is 11.3 Å². The summed E-state index contributed by atoms with van der Waals surface area (Å²) in [5, 5.41) is 5.90. The van der Waals surface area contributed by atoms with Crippen molar-refractivity contribution >= 4 is 62.5 Å². The van der Waals surface area contributed by atoms with Gasteiger partial charge in [0.05, 0.1) is 11.3 Å². The molecule has 3 rings (SSSR count). The van der Waals surface area contributed by atoms with Crippen LogP contribution in [0, 0.1) is 0 Å². The zero-order valence-electron chi connectivity index (χ0n) is 11.6. The third-order valence-corrected chi connectivity index (χ3v) is 4.96. The summed E-state index contributed by atoms with van der Waals surface area (Å²) in [5.74, 6) is -0.242. The van der Waals surface area contributed by atoms with Gasteiger partial charge in [-0.2, -0.15) is 0 Å². The number of rotatable bonds is 3. The molecule has 0 fully saturated rings. The lowest BCUT2D eigenvalue weighted by Gasteiger charge is -2.05. The first-order valence-corrected chi connectivity index (χ1v) is 9.04. The second-order valence-electron chi connectivity index (χ2n) is 4.66. The van der Waals surface area contributed by atoms with Crippen molar-refractivity contribution in [3.8, 4) is 11.3 Å². The largest absolute Gasteiger partial charge is 0.298 e. The standard InChI is InChI=1S/C16H10BrClN2OS2/c17-10-3-6-14(22)12(7-10)15(21)20-16-19-13(8-23-16)9-1-4-11(18)5-2-9/h1-8,22H,(H,19,20,21). The summed E-state index contributed by atoms with van der Waals surface area (Å²) in [6.07, 6.45) is 0. The molecule has 0 bridgehead atoms. The molecule has 1 N–H and O–H groups in total. The Balaban J connectivity index is 1.80. The minimum Gasteiger partial charge on any atom is -0.298 e. The molecule has 3 nitrogen and oxygen atoms in total. The fourth-order valence-electron chi connectivity index (χ4n) is 1.94. The third kappa shape index (κ3) is 3.95. The SMILES string of the molecule is O=C(Nc1nc(-c2ccc(Cl)cc2)cs1)c1cc(Br)ccc1S. The predicted octanol–water partition coefficient (Wildman–Crippen LogP) is 5.77. The number of carbonyl (C=O) groups is 1. The zero-order chi connectivity index (χ0) is 16.4. The molecule has 1 amide bonds. The minimum absolute atomic E-state index is 0.242. The van der Waals surface area contributed by atoms with Crippen LogP contribution in [0.15, 0.2) is 57.2 Å². The molecule has 0 unspecified atom stereocenters. The smallest absolute Gasteiger partial charge is 0.258 e. The predicted molar refractivity (Wildman–Crippen MR) is 102 cm³/mol. The van der Waals surface area contributed by atoms with Crippen molar-refractivity contribution in [2.24, 2.45) is 0 Å². The van der Waals surface area contributed by atoms with Crippen molar-refractivity contribution in [3.05, 3.63) is 62.9 Å². The lowest BCUT2D eigenvalue weighted by atomic mass is 10.2. The Bertz CT molecular complexity index is 865. The number of hydrogen-bond donors (Lipinski definition) is 2. The second-order valence-corrected chi connectivity index (χ2v) is 7.35. The van der Waals surface area contributed by atoms with Gasteiger partial charge in [0.1, 0.15) is 0 Å². The van der Waals surface area contributed by atoms with E-state index in [0.29, 0.717) is 20.6 Å². The summed E-state index contributed by atoms with van der Waals surface area (Å²) < 4.78 is 0.821.